The van der Waals surface area contributed by atoms with Gasteiger partial charge in [-0.15, -0.1) is 0 Å². The van der Waals surface area contributed by atoms with Crippen molar-refractivity contribution < 1.29 is 13.2 Å². The lowest BCUT2D eigenvalue weighted by atomic mass is 10.0. The van der Waals surface area contributed by atoms with Gasteiger partial charge in [0.05, 0.1) is 5.56 Å². The summed E-state index contributed by atoms with van der Waals surface area (Å²) in [4.78, 5) is 0. The van der Waals surface area contributed by atoms with E-state index in [2.05, 4.69) is 0 Å². The van der Waals surface area contributed by atoms with E-state index in [0.29, 0.717) is 16.8 Å². The van der Waals surface area contributed by atoms with Gasteiger partial charge >= 0.3 is 6.18 Å². The SMILES string of the molecule is Nc1ccc(-c2ccc(N)c(C(F)(F)F)c2)cc1. The summed E-state index contributed by atoms with van der Waals surface area (Å²) in [5.41, 5.74) is 11.4. The molecule has 2 aromatic carbocycles. The number of hydrogen-bond acceptors (Lipinski definition) is 2. The summed E-state index contributed by atoms with van der Waals surface area (Å²) in [5.74, 6) is 0. The van der Waals surface area contributed by atoms with Gasteiger partial charge in [0.1, 0.15) is 0 Å². The van der Waals surface area contributed by atoms with Crippen molar-refractivity contribution in [3.05, 3.63) is 48.0 Å². The summed E-state index contributed by atoms with van der Waals surface area (Å²) < 4.78 is 38.1. The molecule has 2 nitrogen and oxygen atoms in total. The van der Waals surface area contributed by atoms with Crippen molar-refractivity contribution in [3.8, 4) is 11.1 Å². The maximum Gasteiger partial charge on any atom is 0.418 e. The minimum Gasteiger partial charge on any atom is -0.399 e. The fourth-order valence-corrected chi connectivity index (χ4v) is 1.66. The minimum atomic E-state index is -4.45. The van der Waals surface area contributed by atoms with Gasteiger partial charge in [-0.2, -0.15) is 13.2 Å². The zero-order chi connectivity index (χ0) is 13.3. The lowest BCUT2D eigenvalue weighted by Crippen LogP contribution is -2.08. The molecule has 0 aliphatic heterocycles. The largest absolute Gasteiger partial charge is 0.418 e. The number of anilines is 2. The summed E-state index contributed by atoms with van der Waals surface area (Å²) >= 11 is 0. The van der Waals surface area contributed by atoms with Gasteiger partial charge in [-0.25, -0.2) is 0 Å². The third-order valence-corrected chi connectivity index (χ3v) is 2.60. The van der Waals surface area contributed by atoms with Crippen LogP contribution in [0.2, 0.25) is 0 Å². The van der Waals surface area contributed by atoms with Gasteiger partial charge in [-0.05, 0) is 35.4 Å². The highest BCUT2D eigenvalue weighted by molar-refractivity contribution is 5.69. The maximum atomic E-state index is 12.7. The molecule has 0 spiro atoms. The quantitative estimate of drug-likeness (QED) is 0.763. The predicted octanol–water partition coefficient (Wildman–Crippen LogP) is 3.54. The number of nitrogens with two attached hydrogens (primary N) is 2. The third-order valence-electron chi connectivity index (χ3n) is 2.60. The smallest absolute Gasteiger partial charge is 0.399 e. The van der Waals surface area contributed by atoms with Crippen molar-refractivity contribution in [2.75, 3.05) is 11.5 Å². The van der Waals surface area contributed by atoms with Crippen molar-refractivity contribution in [3.63, 3.8) is 0 Å². The zero-order valence-corrected chi connectivity index (χ0v) is 9.33. The molecule has 0 heterocycles. The van der Waals surface area contributed by atoms with Gasteiger partial charge in [0, 0.05) is 11.4 Å². The monoisotopic (exact) mass is 252 g/mol. The van der Waals surface area contributed by atoms with Crippen LogP contribution in [0, 0.1) is 0 Å². The third kappa shape index (κ3) is 2.40. The van der Waals surface area contributed by atoms with Gasteiger partial charge < -0.3 is 11.5 Å². The van der Waals surface area contributed by atoms with Crippen molar-refractivity contribution in [2.24, 2.45) is 0 Å². The Kier molecular flexibility index (Phi) is 2.90. The van der Waals surface area contributed by atoms with Crippen molar-refractivity contribution in [1.82, 2.24) is 0 Å². The van der Waals surface area contributed by atoms with E-state index in [9.17, 15) is 13.2 Å². The molecule has 0 atom stereocenters. The van der Waals surface area contributed by atoms with Crippen LogP contribution >= 0.6 is 0 Å². The number of benzene rings is 2. The molecule has 0 aliphatic carbocycles. The number of alkyl halides is 3. The van der Waals surface area contributed by atoms with Crippen molar-refractivity contribution >= 4 is 11.4 Å². The molecule has 4 N–H and O–H groups in total. The van der Waals surface area contributed by atoms with Crippen LogP contribution in [0.25, 0.3) is 11.1 Å². The van der Waals surface area contributed by atoms with Crippen LogP contribution in [0.4, 0.5) is 24.5 Å². The van der Waals surface area contributed by atoms with E-state index in [0.717, 1.165) is 6.07 Å². The highest BCUT2D eigenvalue weighted by Crippen LogP contribution is 2.36. The first-order chi connectivity index (χ1) is 8.38. The molecule has 0 amide bonds. The van der Waals surface area contributed by atoms with E-state index >= 15 is 0 Å². The highest BCUT2D eigenvalue weighted by Gasteiger charge is 2.33. The Morgan fingerprint density at radius 2 is 1.33 bits per heavy atom. The molecule has 18 heavy (non-hydrogen) atoms. The standard InChI is InChI=1S/C13H11F3N2/c14-13(15,16)11-7-9(3-6-12(11)18)8-1-4-10(17)5-2-8/h1-7H,17-18H2. The Morgan fingerprint density at radius 3 is 1.89 bits per heavy atom. The van der Waals surface area contributed by atoms with Gasteiger partial charge in [0.15, 0.2) is 0 Å². The minimum absolute atomic E-state index is 0.276. The lowest BCUT2D eigenvalue weighted by molar-refractivity contribution is -0.136. The maximum absolute atomic E-state index is 12.7. The summed E-state index contributed by atoms with van der Waals surface area (Å²) in [6, 6.07) is 10.5. The summed E-state index contributed by atoms with van der Waals surface area (Å²) in [6.07, 6.45) is -4.45. The van der Waals surface area contributed by atoms with Crippen LogP contribution in [0.15, 0.2) is 42.5 Å². The van der Waals surface area contributed by atoms with Crippen LogP contribution < -0.4 is 11.5 Å². The van der Waals surface area contributed by atoms with Crippen molar-refractivity contribution in [2.45, 2.75) is 6.18 Å². The molecule has 0 saturated heterocycles. The average molecular weight is 252 g/mol. The van der Waals surface area contributed by atoms with Crippen LogP contribution in [0.1, 0.15) is 5.56 Å². The second-order valence-corrected chi connectivity index (χ2v) is 3.92. The van der Waals surface area contributed by atoms with Crippen LogP contribution in [-0.2, 0) is 6.18 Å². The fourth-order valence-electron chi connectivity index (χ4n) is 1.66. The van der Waals surface area contributed by atoms with Gasteiger partial charge in [0.25, 0.3) is 0 Å². The van der Waals surface area contributed by atoms with Crippen LogP contribution in [-0.4, -0.2) is 0 Å². The van der Waals surface area contributed by atoms with E-state index in [1.165, 1.54) is 6.07 Å². The van der Waals surface area contributed by atoms with Gasteiger partial charge in [0.2, 0.25) is 0 Å². The Morgan fingerprint density at radius 1 is 0.778 bits per heavy atom. The average Bonchev–Trinajstić information content (AvgIpc) is 2.29. The molecule has 0 fully saturated rings. The summed E-state index contributed by atoms with van der Waals surface area (Å²) in [7, 11) is 0. The number of rotatable bonds is 1. The second-order valence-electron chi connectivity index (χ2n) is 3.92. The molecule has 2 aromatic rings. The van der Waals surface area contributed by atoms with E-state index < -0.39 is 11.7 Å². The summed E-state index contributed by atoms with van der Waals surface area (Å²) in [6.45, 7) is 0. The first kappa shape index (κ1) is 12.3. The van der Waals surface area contributed by atoms with Gasteiger partial charge in [-0.3, -0.25) is 0 Å². The summed E-state index contributed by atoms with van der Waals surface area (Å²) in [5, 5.41) is 0. The highest BCUT2D eigenvalue weighted by atomic mass is 19.4. The molecule has 0 radical (unpaired) electrons. The van der Waals surface area contributed by atoms with Crippen molar-refractivity contribution in [1.29, 1.82) is 0 Å². The van der Waals surface area contributed by atoms with Crippen LogP contribution in [0.5, 0.6) is 0 Å². The Bertz CT molecular complexity index is 559. The van der Waals surface area contributed by atoms with E-state index in [1.807, 2.05) is 0 Å². The normalized spacial score (nSPS) is 11.5. The lowest BCUT2D eigenvalue weighted by Gasteiger charge is -2.12. The number of nitrogen functional groups attached to an aromatic ring is 2. The Balaban J connectivity index is 2.50. The first-order valence-electron chi connectivity index (χ1n) is 5.20. The Labute approximate surface area is 102 Å². The molecule has 0 aromatic heterocycles. The molecule has 0 unspecified atom stereocenters. The molecule has 2 rings (SSSR count). The second kappa shape index (κ2) is 4.25. The van der Waals surface area contributed by atoms with E-state index in [1.54, 1.807) is 30.3 Å². The molecule has 5 heteroatoms. The molecular formula is C13H11F3N2. The molecule has 0 saturated carbocycles. The molecule has 0 aliphatic rings. The van der Waals surface area contributed by atoms with E-state index in [4.69, 9.17) is 11.5 Å². The zero-order valence-electron chi connectivity index (χ0n) is 9.33. The topological polar surface area (TPSA) is 52.0 Å². The molecule has 0 bridgehead atoms. The van der Waals surface area contributed by atoms with Crippen LogP contribution in [0.3, 0.4) is 0 Å². The number of halogens is 3. The van der Waals surface area contributed by atoms with Gasteiger partial charge in [-0.1, -0.05) is 18.2 Å². The molecule has 94 valence electrons. The fraction of sp³-hybridized carbons (Fsp3) is 0.0769. The molecular weight excluding hydrogens is 241 g/mol. The first-order valence-corrected chi connectivity index (χ1v) is 5.20. The Hall–Kier alpha value is -2.17. The van der Waals surface area contributed by atoms with E-state index in [-0.39, 0.29) is 5.69 Å². The number of hydrogen-bond donors (Lipinski definition) is 2. The predicted molar refractivity (Wildman–Crippen MR) is 65.7 cm³/mol.